The van der Waals surface area contributed by atoms with Crippen LogP contribution in [0, 0.1) is 11.8 Å². The summed E-state index contributed by atoms with van der Waals surface area (Å²) in [7, 11) is -2.35. The van der Waals surface area contributed by atoms with Crippen LogP contribution in [-0.4, -0.2) is 62.3 Å². The molecule has 254 valence electrons. The molecule has 3 atom stereocenters. The van der Waals surface area contributed by atoms with E-state index in [2.05, 4.69) is 71.7 Å². The molecule has 0 unspecified atom stereocenters. The number of imide groups is 1. The number of ether oxygens (including phenoxy) is 1. The summed E-state index contributed by atoms with van der Waals surface area (Å²) < 4.78 is 19.5. The second-order valence-corrected chi connectivity index (χ2v) is 32.2. The van der Waals surface area contributed by atoms with Crippen molar-refractivity contribution in [2.45, 2.75) is 144 Å². The first-order valence-electron chi connectivity index (χ1n) is 17.8. The Morgan fingerprint density at radius 1 is 1.02 bits per heavy atom. The standard InChI is InChI=1S/C26H38NO4Si.3C4H9.Sn/c1-9-14-22(23(10-2)31-32(7,8)26(5,6)19(3)4)24(28)27-21(18-30-25(27)29)17-20-15-12-11-13-16-20;3*1-3-4-2;/h2,9-16,19,21-23H,17-18H2,1,3-8H3;3*1,3-4H2,2H3;/b10-2?,14-9+;;;;/t21-,22-,23+;;;;/m0..../s1. The SMILES string of the molecule is C/C=C/[C@H](C(=O)N1C(=O)OC[C@@H]1Cc1ccccc1)[C@@H](/C=[CH]/[Sn]([CH2]CCC)([CH2]CCC)[CH2]CCC)O[Si](C)(C)C(C)(C)C(C)C. The van der Waals surface area contributed by atoms with Crippen LogP contribution in [0.2, 0.25) is 31.4 Å². The zero-order valence-electron chi connectivity index (χ0n) is 30.4. The molecule has 0 radical (unpaired) electrons. The van der Waals surface area contributed by atoms with Crippen LogP contribution in [0.15, 0.2) is 52.7 Å². The van der Waals surface area contributed by atoms with E-state index in [1.54, 1.807) is 0 Å². The van der Waals surface area contributed by atoms with Crippen LogP contribution in [0.4, 0.5) is 4.79 Å². The van der Waals surface area contributed by atoms with Crippen molar-refractivity contribution in [1.29, 1.82) is 0 Å². The molecule has 1 aliphatic rings. The average molecular weight is 747 g/mol. The molecule has 1 aromatic carbocycles. The van der Waals surface area contributed by atoms with E-state index in [0.717, 1.165) is 5.56 Å². The molecule has 45 heavy (non-hydrogen) atoms. The number of allylic oxidation sites excluding steroid dienone is 1. The molecule has 2 rings (SSSR count). The zero-order valence-corrected chi connectivity index (χ0v) is 34.2. The fourth-order valence-corrected chi connectivity index (χ4v) is 23.3. The van der Waals surface area contributed by atoms with E-state index in [4.69, 9.17) is 9.16 Å². The van der Waals surface area contributed by atoms with Gasteiger partial charge in [-0.05, 0) is 0 Å². The Labute approximate surface area is 281 Å². The van der Waals surface area contributed by atoms with Crippen molar-refractivity contribution in [3.05, 3.63) is 58.2 Å². The van der Waals surface area contributed by atoms with Crippen molar-refractivity contribution in [2.24, 2.45) is 11.8 Å². The van der Waals surface area contributed by atoms with Gasteiger partial charge in [0.25, 0.3) is 0 Å². The maximum atomic E-state index is 14.6. The van der Waals surface area contributed by atoms with Gasteiger partial charge in [0, 0.05) is 0 Å². The van der Waals surface area contributed by atoms with Crippen LogP contribution in [0.5, 0.6) is 0 Å². The Balaban J connectivity index is 2.63. The van der Waals surface area contributed by atoms with Gasteiger partial charge in [0.15, 0.2) is 0 Å². The van der Waals surface area contributed by atoms with E-state index in [0.29, 0.717) is 12.3 Å². The van der Waals surface area contributed by atoms with Gasteiger partial charge in [-0.3, -0.25) is 0 Å². The third kappa shape index (κ3) is 11.1. The predicted molar refractivity (Wildman–Crippen MR) is 196 cm³/mol. The molecular weight excluding hydrogens is 681 g/mol. The zero-order chi connectivity index (χ0) is 33.7. The van der Waals surface area contributed by atoms with E-state index in [1.807, 2.05) is 49.4 Å². The molecule has 1 aliphatic heterocycles. The number of amides is 2. The summed E-state index contributed by atoms with van der Waals surface area (Å²) in [4.78, 5) is 29.2. The average Bonchev–Trinajstić information content (AvgIpc) is 3.37. The van der Waals surface area contributed by atoms with Crippen LogP contribution in [0.25, 0.3) is 0 Å². The van der Waals surface area contributed by atoms with Crippen molar-refractivity contribution in [3.8, 4) is 0 Å². The summed E-state index contributed by atoms with van der Waals surface area (Å²) in [6.45, 7) is 22.9. The minimum atomic E-state index is -2.71. The monoisotopic (exact) mass is 747 g/mol. The van der Waals surface area contributed by atoms with Crippen molar-refractivity contribution in [3.63, 3.8) is 0 Å². The summed E-state index contributed by atoms with van der Waals surface area (Å²) in [5, 5.41) is -0.0158. The number of unbranched alkanes of at least 4 members (excludes halogenated alkanes) is 3. The molecular formula is C38H65NO4SiSn. The molecule has 1 fully saturated rings. The van der Waals surface area contributed by atoms with Crippen LogP contribution < -0.4 is 0 Å². The van der Waals surface area contributed by atoms with Crippen molar-refractivity contribution in [1.82, 2.24) is 4.90 Å². The summed E-state index contributed by atoms with van der Waals surface area (Å²) in [5.41, 5.74) is 1.09. The summed E-state index contributed by atoms with van der Waals surface area (Å²) in [5.74, 6) is -0.382. The third-order valence-electron chi connectivity index (χ3n) is 10.7. The number of cyclic esters (lactones) is 1. The molecule has 0 N–H and O–H groups in total. The van der Waals surface area contributed by atoms with E-state index >= 15 is 0 Å². The van der Waals surface area contributed by atoms with Crippen molar-refractivity contribution < 1.29 is 18.8 Å². The molecule has 0 aliphatic carbocycles. The maximum absolute atomic E-state index is 14.6. The van der Waals surface area contributed by atoms with Crippen LogP contribution in [0.3, 0.4) is 0 Å². The molecule has 2 amide bonds. The van der Waals surface area contributed by atoms with Crippen LogP contribution in [0.1, 0.15) is 99.5 Å². The summed E-state index contributed by atoms with van der Waals surface area (Å²) in [6.07, 6.45) is 13.3. The van der Waals surface area contributed by atoms with Gasteiger partial charge >= 0.3 is 283 Å². The number of rotatable bonds is 20. The number of nitrogens with zero attached hydrogens (tertiary/aromatic N) is 1. The number of hydrogen-bond acceptors (Lipinski definition) is 4. The summed E-state index contributed by atoms with van der Waals surface area (Å²) >= 11 is -2.71. The number of hydrogen-bond donors (Lipinski definition) is 0. The molecule has 1 heterocycles. The molecule has 0 saturated carbocycles. The first-order chi connectivity index (χ1) is 21.3. The molecule has 0 aromatic heterocycles. The third-order valence-corrected chi connectivity index (χ3v) is 29.4. The summed E-state index contributed by atoms with van der Waals surface area (Å²) in [6, 6.07) is 9.72. The fraction of sp³-hybridized carbons (Fsp3) is 0.684. The fourth-order valence-electron chi connectivity index (χ4n) is 6.40. The number of carbonyl (C=O) groups is 2. The second kappa shape index (κ2) is 18.8. The molecule has 0 spiro atoms. The van der Waals surface area contributed by atoms with E-state index in [1.165, 1.54) is 56.7 Å². The molecule has 5 nitrogen and oxygen atoms in total. The first-order valence-corrected chi connectivity index (χ1v) is 28.4. The Morgan fingerprint density at radius 3 is 2.07 bits per heavy atom. The Kier molecular flexibility index (Phi) is 16.6. The molecule has 0 bridgehead atoms. The first kappa shape index (κ1) is 39.8. The van der Waals surface area contributed by atoms with Gasteiger partial charge in [-0.15, -0.1) is 0 Å². The Bertz CT molecular complexity index is 1080. The molecule has 1 saturated heterocycles. The van der Waals surface area contributed by atoms with Gasteiger partial charge in [0.2, 0.25) is 0 Å². The number of carbonyl (C=O) groups excluding carboxylic acids is 2. The Hall–Kier alpha value is -1.38. The minimum absolute atomic E-state index is 0.0158. The number of benzene rings is 1. The normalized spacial score (nSPS) is 17.9. The van der Waals surface area contributed by atoms with Gasteiger partial charge in [-0.1, -0.05) is 0 Å². The topological polar surface area (TPSA) is 55.8 Å². The van der Waals surface area contributed by atoms with E-state index < -0.39 is 44.8 Å². The second-order valence-electron chi connectivity index (χ2n) is 14.7. The van der Waals surface area contributed by atoms with Gasteiger partial charge in [-0.25, -0.2) is 0 Å². The van der Waals surface area contributed by atoms with E-state index in [-0.39, 0.29) is 23.6 Å². The van der Waals surface area contributed by atoms with Crippen molar-refractivity contribution in [2.75, 3.05) is 6.61 Å². The van der Waals surface area contributed by atoms with Gasteiger partial charge in [0.05, 0.1) is 0 Å². The molecule has 1 aromatic rings. The predicted octanol–water partition coefficient (Wildman–Crippen LogP) is 10.7. The van der Waals surface area contributed by atoms with Crippen LogP contribution >= 0.6 is 0 Å². The van der Waals surface area contributed by atoms with E-state index in [9.17, 15) is 9.59 Å². The van der Waals surface area contributed by atoms with Gasteiger partial charge in [0.1, 0.15) is 0 Å². The van der Waals surface area contributed by atoms with Gasteiger partial charge in [-0.2, -0.15) is 0 Å². The van der Waals surface area contributed by atoms with Crippen molar-refractivity contribution >= 4 is 38.7 Å². The molecule has 7 heteroatoms. The van der Waals surface area contributed by atoms with Gasteiger partial charge < -0.3 is 0 Å². The Morgan fingerprint density at radius 2 is 1.58 bits per heavy atom. The quantitative estimate of drug-likeness (QED) is 0.0985. The van der Waals surface area contributed by atoms with Crippen LogP contribution in [-0.2, 0) is 20.4 Å².